The Morgan fingerprint density at radius 1 is 1.29 bits per heavy atom. The first kappa shape index (κ1) is 15.8. The fourth-order valence-corrected chi connectivity index (χ4v) is 2.94. The molecule has 0 aromatic heterocycles. The number of rotatable bonds is 7. The maximum atomic E-state index is 11.3. The van der Waals surface area contributed by atoms with E-state index in [-0.39, 0.29) is 12.0 Å². The zero-order chi connectivity index (χ0) is 15.2. The van der Waals surface area contributed by atoms with Crippen molar-refractivity contribution < 1.29 is 14.3 Å². The molecular formula is C17H25NO3. The SMILES string of the molecule is CCOC(=O)CCCCc1cc2c(cc1OC)CC(N)C2. The molecule has 0 aliphatic heterocycles. The number of methoxy groups -OCH3 is 1. The Morgan fingerprint density at radius 2 is 2.00 bits per heavy atom. The van der Waals surface area contributed by atoms with E-state index in [0.717, 1.165) is 37.9 Å². The molecule has 2 N–H and O–H groups in total. The molecule has 4 heteroatoms. The van der Waals surface area contributed by atoms with Crippen molar-refractivity contribution in [1.82, 2.24) is 0 Å². The van der Waals surface area contributed by atoms with Crippen molar-refractivity contribution in [1.29, 1.82) is 0 Å². The molecule has 116 valence electrons. The van der Waals surface area contributed by atoms with Gasteiger partial charge in [0, 0.05) is 12.5 Å². The van der Waals surface area contributed by atoms with Crippen molar-refractivity contribution in [2.75, 3.05) is 13.7 Å². The molecule has 1 aromatic rings. The summed E-state index contributed by atoms with van der Waals surface area (Å²) in [5.41, 5.74) is 9.90. The fourth-order valence-electron chi connectivity index (χ4n) is 2.94. The summed E-state index contributed by atoms with van der Waals surface area (Å²) >= 11 is 0. The van der Waals surface area contributed by atoms with Gasteiger partial charge in [-0.25, -0.2) is 0 Å². The number of benzene rings is 1. The molecule has 0 bridgehead atoms. The highest BCUT2D eigenvalue weighted by Gasteiger charge is 2.20. The van der Waals surface area contributed by atoms with E-state index in [2.05, 4.69) is 12.1 Å². The van der Waals surface area contributed by atoms with Crippen LogP contribution >= 0.6 is 0 Å². The Labute approximate surface area is 126 Å². The number of carbonyl (C=O) groups is 1. The Balaban J connectivity index is 1.91. The van der Waals surface area contributed by atoms with Gasteiger partial charge in [-0.1, -0.05) is 6.07 Å². The second-order valence-electron chi connectivity index (χ2n) is 5.61. The van der Waals surface area contributed by atoms with Crippen molar-refractivity contribution in [2.45, 2.75) is 51.5 Å². The lowest BCUT2D eigenvalue weighted by Crippen LogP contribution is -2.18. The molecule has 0 saturated carbocycles. The van der Waals surface area contributed by atoms with E-state index < -0.39 is 0 Å². The molecule has 0 fully saturated rings. The standard InChI is InChI=1S/C17H25NO3/c1-3-21-17(19)7-5-4-6-12-8-13-9-15(18)10-14(13)11-16(12)20-2/h8,11,15H,3-7,9-10,18H2,1-2H3. The van der Waals surface area contributed by atoms with Crippen molar-refractivity contribution in [2.24, 2.45) is 5.73 Å². The van der Waals surface area contributed by atoms with Crippen LogP contribution in [0, 0.1) is 0 Å². The number of hydrogen-bond acceptors (Lipinski definition) is 4. The van der Waals surface area contributed by atoms with Crippen LogP contribution in [0.25, 0.3) is 0 Å². The lowest BCUT2D eigenvalue weighted by atomic mass is 10.0. The molecule has 1 atom stereocenters. The predicted molar refractivity (Wildman–Crippen MR) is 82.6 cm³/mol. The maximum Gasteiger partial charge on any atom is 0.305 e. The third-order valence-corrected chi connectivity index (χ3v) is 3.95. The second-order valence-corrected chi connectivity index (χ2v) is 5.61. The largest absolute Gasteiger partial charge is 0.496 e. The zero-order valence-corrected chi connectivity index (χ0v) is 13.0. The van der Waals surface area contributed by atoms with Crippen molar-refractivity contribution in [3.05, 3.63) is 28.8 Å². The van der Waals surface area contributed by atoms with E-state index in [0.29, 0.717) is 13.0 Å². The van der Waals surface area contributed by atoms with Crippen LogP contribution < -0.4 is 10.5 Å². The van der Waals surface area contributed by atoms with Gasteiger partial charge in [0.05, 0.1) is 13.7 Å². The minimum Gasteiger partial charge on any atom is -0.496 e. The van der Waals surface area contributed by atoms with Gasteiger partial charge in [-0.2, -0.15) is 0 Å². The number of aryl methyl sites for hydroxylation is 1. The molecule has 0 saturated heterocycles. The van der Waals surface area contributed by atoms with Crippen LogP contribution in [-0.2, 0) is 28.8 Å². The van der Waals surface area contributed by atoms with Crippen molar-refractivity contribution in [3.8, 4) is 5.75 Å². The van der Waals surface area contributed by atoms with Gasteiger partial charge in [-0.3, -0.25) is 4.79 Å². The van der Waals surface area contributed by atoms with Gasteiger partial charge in [0.25, 0.3) is 0 Å². The van der Waals surface area contributed by atoms with E-state index in [1.54, 1.807) is 7.11 Å². The smallest absolute Gasteiger partial charge is 0.305 e. The van der Waals surface area contributed by atoms with Crippen LogP contribution in [0.1, 0.15) is 42.9 Å². The molecule has 0 radical (unpaired) electrons. The molecule has 0 heterocycles. The highest BCUT2D eigenvalue weighted by molar-refractivity contribution is 5.69. The van der Waals surface area contributed by atoms with E-state index >= 15 is 0 Å². The predicted octanol–water partition coefficient (Wildman–Crippen LogP) is 2.40. The number of unbranched alkanes of at least 4 members (excludes halogenated alkanes) is 1. The van der Waals surface area contributed by atoms with Gasteiger partial charge >= 0.3 is 5.97 Å². The third kappa shape index (κ3) is 4.21. The minimum atomic E-state index is -0.107. The second kappa shape index (κ2) is 7.46. The van der Waals surface area contributed by atoms with Gasteiger partial charge < -0.3 is 15.2 Å². The number of ether oxygens (including phenoxy) is 2. The summed E-state index contributed by atoms with van der Waals surface area (Å²) in [4.78, 5) is 11.3. The summed E-state index contributed by atoms with van der Waals surface area (Å²) < 4.78 is 10.4. The molecule has 4 nitrogen and oxygen atoms in total. The maximum absolute atomic E-state index is 11.3. The summed E-state index contributed by atoms with van der Waals surface area (Å²) in [7, 11) is 1.71. The number of esters is 1. The summed E-state index contributed by atoms with van der Waals surface area (Å²) in [6.45, 7) is 2.29. The normalized spacial score (nSPS) is 16.6. The van der Waals surface area contributed by atoms with Crippen molar-refractivity contribution >= 4 is 5.97 Å². The van der Waals surface area contributed by atoms with Gasteiger partial charge in [0.2, 0.25) is 0 Å². The van der Waals surface area contributed by atoms with E-state index in [4.69, 9.17) is 15.2 Å². The number of nitrogens with two attached hydrogens (primary N) is 1. The van der Waals surface area contributed by atoms with Crippen LogP contribution in [0.3, 0.4) is 0 Å². The first-order chi connectivity index (χ1) is 10.1. The van der Waals surface area contributed by atoms with Crippen LogP contribution in [0.15, 0.2) is 12.1 Å². The topological polar surface area (TPSA) is 61.5 Å². The third-order valence-electron chi connectivity index (χ3n) is 3.95. The van der Waals surface area contributed by atoms with Gasteiger partial charge in [-0.05, 0) is 61.8 Å². The Bertz CT molecular complexity index is 499. The Hall–Kier alpha value is -1.55. The number of carbonyl (C=O) groups excluding carboxylic acids is 1. The van der Waals surface area contributed by atoms with E-state index in [9.17, 15) is 4.79 Å². The van der Waals surface area contributed by atoms with Gasteiger partial charge in [-0.15, -0.1) is 0 Å². The van der Waals surface area contributed by atoms with E-state index in [1.807, 2.05) is 6.92 Å². The molecule has 1 aliphatic rings. The molecule has 0 amide bonds. The average molecular weight is 291 g/mol. The van der Waals surface area contributed by atoms with Gasteiger partial charge in [0.15, 0.2) is 0 Å². The molecule has 1 aliphatic carbocycles. The quantitative estimate of drug-likeness (QED) is 0.619. The lowest BCUT2D eigenvalue weighted by Gasteiger charge is -2.11. The van der Waals surface area contributed by atoms with Gasteiger partial charge in [0.1, 0.15) is 5.75 Å². The monoisotopic (exact) mass is 291 g/mol. The summed E-state index contributed by atoms with van der Waals surface area (Å²) in [5, 5.41) is 0. The Kier molecular flexibility index (Phi) is 5.62. The highest BCUT2D eigenvalue weighted by Crippen LogP contribution is 2.30. The van der Waals surface area contributed by atoms with E-state index in [1.165, 1.54) is 16.7 Å². The Morgan fingerprint density at radius 3 is 2.67 bits per heavy atom. The molecule has 1 unspecified atom stereocenters. The van der Waals surface area contributed by atoms with Crippen LogP contribution in [0.2, 0.25) is 0 Å². The molecule has 1 aromatic carbocycles. The summed E-state index contributed by atoms with van der Waals surface area (Å²) in [6.07, 6.45) is 5.11. The minimum absolute atomic E-state index is 0.107. The fraction of sp³-hybridized carbons (Fsp3) is 0.588. The van der Waals surface area contributed by atoms with Crippen LogP contribution in [0.5, 0.6) is 5.75 Å². The zero-order valence-electron chi connectivity index (χ0n) is 13.0. The molecule has 0 spiro atoms. The molecule has 2 rings (SSSR count). The molecular weight excluding hydrogens is 266 g/mol. The molecule has 21 heavy (non-hydrogen) atoms. The lowest BCUT2D eigenvalue weighted by molar-refractivity contribution is -0.143. The van der Waals surface area contributed by atoms with Crippen LogP contribution in [-0.4, -0.2) is 25.7 Å². The first-order valence-corrected chi connectivity index (χ1v) is 7.74. The van der Waals surface area contributed by atoms with Crippen LogP contribution in [0.4, 0.5) is 0 Å². The summed E-state index contributed by atoms with van der Waals surface area (Å²) in [5.74, 6) is 0.836. The number of fused-ring (bicyclic) bond motifs is 1. The first-order valence-electron chi connectivity index (χ1n) is 7.74. The van der Waals surface area contributed by atoms with Crippen molar-refractivity contribution in [3.63, 3.8) is 0 Å². The number of hydrogen-bond donors (Lipinski definition) is 1. The summed E-state index contributed by atoms with van der Waals surface area (Å²) in [6, 6.07) is 4.60. The average Bonchev–Trinajstić information content (AvgIpc) is 2.81. The highest BCUT2D eigenvalue weighted by atomic mass is 16.5.